The van der Waals surface area contributed by atoms with Gasteiger partial charge in [0.1, 0.15) is 0 Å². The second kappa shape index (κ2) is 3.27. The lowest BCUT2D eigenvalue weighted by molar-refractivity contribution is -0.176. The van der Waals surface area contributed by atoms with E-state index in [2.05, 4.69) is 20.8 Å². The van der Waals surface area contributed by atoms with Gasteiger partial charge in [0.2, 0.25) is 0 Å². The third-order valence-electron chi connectivity index (χ3n) is 6.32. The highest BCUT2D eigenvalue weighted by molar-refractivity contribution is 5.12. The zero-order chi connectivity index (χ0) is 12.5. The molecule has 0 aromatic rings. The number of aliphatic hydroxyl groups is 2. The van der Waals surface area contributed by atoms with Crippen LogP contribution in [0.25, 0.3) is 0 Å². The van der Waals surface area contributed by atoms with Crippen molar-refractivity contribution in [3.8, 4) is 0 Å². The van der Waals surface area contributed by atoms with Gasteiger partial charge < -0.3 is 10.2 Å². The maximum absolute atomic E-state index is 11.0. The molecule has 3 fully saturated rings. The lowest BCUT2D eigenvalue weighted by atomic mass is 9.49. The van der Waals surface area contributed by atoms with Crippen molar-refractivity contribution < 1.29 is 10.2 Å². The average Bonchev–Trinajstić information content (AvgIpc) is 2.28. The topological polar surface area (TPSA) is 40.5 Å². The summed E-state index contributed by atoms with van der Waals surface area (Å²) in [5.41, 5.74) is -0.121. The molecule has 0 aliphatic heterocycles. The minimum Gasteiger partial charge on any atom is -0.393 e. The van der Waals surface area contributed by atoms with Crippen LogP contribution in [0.4, 0.5) is 0 Å². The lowest BCUT2D eigenvalue weighted by Gasteiger charge is -2.58. The Labute approximate surface area is 104 Å². The molecule has 0 amide bonds. The number of fused-ring (bicyclic) bond motifs is 4. The van der Waals surface area contributed by atoms with Gasteiger partial charge in [-0.15, -0.1) is 0 Å². The summed E-state index contributed by atoms with van der Waals surface area (Å²) in [5.74, 6) is 1.16. The molecule has 0 heterocycles. The van der Waals surface area contributed by atoms with E-state index >= 15 is 0 Å². The van der Waals surface area contributed by atoms with Gasteiger partial charge in [-0.3, -0.25) is 0 Å². The monoisotopic (exact) mass is 238 g/mol. The normalized spacial score (nSPS) is 56.6. The van der Waals surface area contributed by atoms with Crippen molar-refractivity contribution in [3.63, 3.8) is 0 Å². The molecule has 2 nitrogen and oxygen atoms in total. The molecule has 2 bridgehead atoms. The van der Waals surface area contributed by atoms with Crippen LogP contribution in [-0.4, -0.2) is 21.9 Å². The molecule has 0 aromatic heterocycles. The Morgan fingerprint density at radius 2 is 1.71 bits per heavy atom. The van der Waals surface area contributed by atoms with Gasteiger partial charge in [0.25, 0.3) is 0 Å². The van der Waals surface area contributed by atoms with Crippen LogP contribution in [0.2, 0.25) is 0 Å². The Balaban J connectivity index is 1.93. The molecule has 0 saturated heterocycles. The third-order valence-corrected chi connectivity index (χ3v) is 6.32. The van der Waals surface area contributed by atoms with Gasteiger partial charge >= 0.3 is 0 Å². The van der Waals surface area contributed by atoms with Crippen molar-refractivity contribution >= 4 is 0 Å². The first kappa shape index (κ1) is 12.0. The van der Waals surface area contributed by atoms with E-state index < -0.39 is 5.60 Å². The Hall–Kier alpha value is -0.0800. The van der Waals surface area contributed by atoms with E-state index in [1.54, 1.807) is 0 Å². The lowest BCUT2D eigenvalue weighted by Crippen LogP contribution is -2.57. The Kier molecular flexibility index (Phi) is 2.30. The Morgan fingerprint density at radius 1 is 1.00 bits per heavy atom. The first-order chi connectivity index (χ1) is 7.77. The largest absolute Gasteiger partial charge is 0.393 e. The molecule has 17 heavy (non-hydrogen) atoms. The van der Waals surface area contributed by atoms with Crippen molar-refractivity contribution in [1.82, 2.24) is 0 Å². The predicted molar refractivity (Wildman–Crippen MR) is 67.5 cm³/mol. The average molecular weight is 238 g/mol. The van der Waals surface area contributed by atoms with Gasteiger partial charge in [0.15, 0.2) is 0 Å². The Bertz CT molecular complexity index is 338. The second-order valence-corrected chi connectivity index (χ2v) is 7.93. The van der Waals surface area contributed by atoms with Crippen molar-refractivity contribution in [3.05, 3.63) is 0 Å². The van der Waals surface area contributed by atoms with E-state index in [-0.39, 0.29) is 11.5 Å². The highest BCUT2D eigenvalue weighted by atomic mass is 16.3. The van der Waals surface area contributed by atoms with Gasteiger partial charge in [0, 0.05) is 0 Å². The fourth-order valence-corrected chi connectivity index (χ4v) is 5.10. The molecule has 3 aliphatic rings. The van der Waals surface area contributed by atoms with E-state index in [1.807, 2.05) is 0 Å². The van der Waals surface area contributed by atoms with E-state index in [9.17, 15) is 10.2 Å². The number of rotatable bonds is 0. The maximum atomic E-state index is 11.0. The highest BCUT2D eigenvalue weighted by Gasteiger charge is 2.61. The SMILES string of the molecule is CC1(C)C[C@H]2[C@@H]1CC[C@]1(C)C[C@]2(O)CC[C@@H]1O. The molecule has 0 unspecified atom stereocenters. The quantitative estimate of drug-likeness (QED) is 0.681. The van der Waals surface area contributed by atoms with Crippen LogP contribution in [0.5, 0.6) is 0 Å². The van der Waals surface area contributed by atoms with Gasteiger partial charge in [-0.25, -0.2) is 0 Å². The molecular weight excluding hydrogens is 212 g/mol. The van der Waals surface area contributed by atoms with E-state index in [0.717, 1.165) is 25.7 Å². The summed E-state index contributed by atoms with van der Waals surface area (Å²) in [6, 6.07) is 0. The summed E-state index contributed by atoms with van der Waals surface area (Å²) < 4.78 is 0. The van der Waals surface area contributed by atoms with Gasteiger partial charge in [-0.05, 0) is 61.2 Å². The second-order valence-electron chi connectivity index (χ2n) is 7.93. The van der Waals surface area contributed by atoms with Crippen molar-refractivity contribution in [2.75, 3.05) is 0 Å². The molecule has 3 saturated carbocycles. The molecule has 5 atom stereocenters. The molecule has 3 rings (SSSR count). The standard InChI is InChI=1S/C15H26O2/c1-13(2)8-11-10(13)4-6-14(3)9-15(11,17)7-5-12(14)16/h10-12,16-17H,4-9H2,1-3H3/t10-,11-,12-,14+,15+/m0/s1. The summed E-state index contributed by atoms with van der Waals surface area (Å²) in [7, 11) is 0. The van der Waals surface area contributed by atoms with Crippen molar-refractivity contribution in [2.24, 2.45) is 22.7 Å². The van der Waals surface area contributed by atoms with E-state index in [1.165, 1.54) is 12.8 Å². The fraction of sp³-hybridized carbons (Fsp3) is 1.00. The van der Waals surface area contributed by atoms with Gasteiger partial charge in [-0.1, -0.05) is 20.8 Å². The summed E-state index contributed by atoms with van der Waals surface area (Å²) in [4.78, 5) is 0. The summed E-state index contributed by atoms with van der Waals surface area (Å²) in [6.45, 7) is 6.86. The predicted octanol–water partition coefficient (Wildman–Crippen LogP) is 2.72. The first-order valence-electron chi connectivity index (χ1n) is 7.17. The molecule has 2 heteroatoms. The van der Waals surface area contributed by atoms with E-state index in [4.69, 9.17) is 0 Å². The molecule has 98 valence electrons. The van der Waals surface area contributed by atoms with E-state index in [0.29, 0.717) is 17.3 Å². The van der Waals surface area contributed by atoms with Gasteiger partial charge in [0.05, 0.1) is 11.7 Å². The molecular formula is C15H26O2. The van der Waals surface area contributed by atoms with Crippen LogP contribution in [0.1, 0.15) is 59.3 Å². The number of hydrogen-bond donors (Lipinski definition) is 2. The minimum absolute atomic E-state index is 0.0413. The molecule has 2 N–H and O–H groups in total. The van der Waals surface area contributed by atoms with Crippen LogP contribution in [0, 0.1) is 22.7 Å². The molecule has 0 aromatic carbocycles. The molecule has 0 spiro atoms. The van der Waals surface area contributed by atoms with Crippen molar-refractivity contribution in [1.29, 1.82) is 0 Å². The Morgan fingerprint density at radius 3 is 2.35 bits per heavy atom. The van der Waals surface area contributed by atoms with Crippen LogP contribution in [0.3, 0.4) is 0 Å². The fourth-order valence-electron chi connectivity index (χ4n) is 5.10. The van der Waals surface area contributed by atoms with Crippen LogP contribution < -0.4 is 0 Å². The zero-order valence-corrected chi connectivity index (χ0v) is 11.4. The highest BCUT2D eigenvalue weighted by Crippen LogP contribution is 2.64. The maximum Gasteiger partial charge on any atom is 0.0686 e. The summed E-state index contributed by atoms with van der Waals surface area (Å²) >= 11 is 0. The third kappa shape index (κ3) is 1.53. The minimum atomic E-state index is -0.481. The smallest absolute Gasteiger partial charge is 0.0686 e. The van der Waals surface area contributed by atoms with Crippen LogP contribution in [-0.2, 0) is 0 Å². The zero-order valence-electron chi connectivity index (χ0n) is 11.4. The molecule has 0 radical (unpaired) electrons. The number of hydrogen-bond acceptors (Lipinski definition) is 2. The van der Waals surface area contributed by atoms with Crippen molar-refractivity contribution in [2.45, 2.75) is 71.0 Å². The van der Waals surface area contributed by atoms with Crippen LogP contribution >= 0.6 is 0 Å². The van der Waals surface area contributed by atoms with Crippen LogP contribution in [0.15, 0.2) is 0 Å². The first-order valence-corrected chi connectivity index (χ1v) is 7.17. The number of aliphatic hydroxyl groups excluding tert-OH is 1. The molecule has 3 aliphatic carbocycles. The summed E-state index contributed by atoms with van der Waals surface area (Å²) in [5, 5.41) is 21.2. The van der Waals surface area contributed by atoms with Gasteiger partial charge in [-0.2, -0.15) is 0 Å². The summed E-state index contributed by atoms with van der Waals surface area (Å²) in [6.07, 6.45) is 5.65.